The summed E-state index contributed by atoms with van der Waals surface area (Å²) < 4.78 is 0.974. The van der Waals surface area contributed by atoms with Crippen LogP contribution in [0.2, 0.25) is 0 Å². The lowest BCUT2D eigenvalue weighted by atomic mass is 10.0. The third kappa shape index (κ3) is 4.50. The van der Waals surface area contributed by atoms with E-state index < -0.39 is 0 Å². The minimum absolute atomic E-state index is 0.639. The number of quaternary nitrogens is 1. The topological polar surface area (TPSA) is 17.1 Å². The average molecular weight is 172 g/mol. The van der Waals surface area contributed by atoms with E-state index in [0.29, 0.717) is 12.5 Å². The molecule has 0 fully saturated rings. The summed E-state index contributed by atoms with van der Waals surface area (Å²) in [6.07, 6.45) is 5.19. The van der Waals surface area contributed by atoms with Crippen LogP contribution in [0.4, 0.5) is 0 Å². The zero-order chi connectivity index (χ0) is 9.61. The number of rotatable bonds is 6. The number of hydrogen-bond acceptors (Lipinski definition) is 1. The second-order valence-electron chi connectivity index (χ2n) is 4.30. The highest BCUT2D eigenvalue weighted by Crippen LogP contribution is 2.14. The molecule has 0 aliphatic rings. The molecular formula is C10H22NO+. The lowest BCUT2D eigenvalue weighted by Crippen LogP contribution is -2.45. The standard InChI is InChI=1S/C10H22NO/c1-5-7-10(8-6-9-12)11(2,3)4/h9-10H,5-8H2,1-4H3/q+1. The Kier molecular flexibility index (Phi) is 5.14. The summed E-state index contributed by atoms with van der Waals surface area (Å²) in [4.78, 5) is 10.2. The highest BCUT2D eigenvalue weighted by Gasteiger charge is 2.21. The van der Waals surface area contributed by atoms with Gasteiger partial charge in [0, 0.05) is 12.8 Å². The molecule has 1 unspecified atom stereocenters. The normalized spacial score (nSPS) is 14.3. The van der Waals surface area contributed by atoms with E-state index >= 15 is 0 Å². The summed E-state index contributed by atoms with van der Waals surface area (Å²) in [7, 11) is 6.60. The first kappa shape index (κ1) is 11.6. The van der Waals surface area contributed by atoms with E-state index in [0.717, 1.165) is 17.2 Å². The molecular weight excluding hydrogens is 150 g/mol. The molecule has 0 rings (SSSR count). The molecule has 0 aliphatic carbocycles. The lowest BCUT2D eigenvalue weighted by Gasteiger charge is -2.33. The molecule has 2 heteroatoms. The van der Waals surface area contributed by atoms with Crippen LogP contribution in [-0.2, 0) is 4.79 Å². The van der Waals surface area contributed by atoms with Crippen molar-refractivity contribution in [3.8, 4) is 0 Å². The fourth-order valence-electron chi connectivity index (χ4n) is 1.51. The number of carbonyl (C=O) groups excluding carboxylic acids is 1. The molecule has 0 aromatic rings. The largest absolute Gasteiger partial charge is 0.328 e. The molecule has 0 aliphatic heterocycles. The van der Waals surface area contributed by atoms with Crippen LogP contribution >= 0.6 is 0 Å². The molecule has 1 atom stereocenters. The van der Waals surface area contributed by atoms with Crippen molar-refractivity contribution in [2.24, 2.45) is 0 Å². The van der Waals surface area contributed by atoms with Crippen LogP contribution in [0.15, 0.2) is 0 Å². The molecule has 0 N–H and O–H groups in total. The van der Waals surface area contributed by atoms with Crippen molar-refractivity contribution in [2.45, 2.75) is 38.6 Å². The molecule has 0 amide bonds. The first-order valence-electron chi connectivity index (χ1n) is 4.77. The maximum Gasteiger partial charge on any atom is 0.120 e. The molecule has 0 heterocycles. The van der Waals surface area contributed by atoms with Crippen LogP contribution in [0.1, 0.15) is 32.6 Å². The van der Waals surface area contributed by atoms with Gasteiger partial charge < -0.3 is 9.28 Å². The highest BCUT2D eigenvalue weighted by atomic mass is 16.1. The average Bonchev–Trinajstić information content (AvgIpc) is 1.95. The van der Waals surface area contributed by atoms with Crippen LogP contribution in [-0.4, -0.2) is 38.0 Å². The van der Waals surface area contributed by atoms with E-state index in [1.54, 1.807) is 0 Å². The van der Waals surface area contributed by atoms with Gasteiger partial charge in [-0.05, 0) is 6.42 Å². The Morgan fingerprint density at radius 2 is 1.83 bits per heavy atom. The van der Waals surface area contributed by atoms with Crippen LogP contribution in [0.5, 0.6) is 0 Å². The monoisotopic (exact) mass is 172 g/mol. The Morgan fingerprint density at radius 1 is 1.25 bits per heavy atom. The van der Waals surface area contributed by atoms with E-state index in [9.17, 15) is 4.79 Å². The van der Waals surface area contributed by atoms with E-state index in [1.807, 2.05) is 0 Å². The van der Waals surface area contributed by atoms with Crippen LogP contribution in [0.3, 0.4) is 0 Å². The predicted molar refractivity (Wildman–Crippen MR) is 52.0 cm³/mol. The van der Waals surface area contributed by atoms with Gasteiger partial charge in [0.1, 0.15) is 6.29 Å². The molecule has 0 spiro atoms. The Hall–Kier alpha value is -0.370. The van der Waals surface area contributed by atoms with Gasteiger partial charge in [0.2, 0.25) is 0 Å². The van der Waals surface area contributed by atoms with Crippen molar-refractivity contribution in [1.82, 2.24) is 0 Å². The summed E-state index contributed by atoms with van der Waals surface area (Å²) >= 11 is 0. The first-order chi connectivity index (χ1) is 5.52. The SMILES string of the molecule is CCCC(CCC=O)[N+](C)(C)C. The van der Waals surface area contributed by atoms with Crippen LogP contribution in [0.25, 0.3) is 0 Å². The van der Waals surface area contributed by atoms with Crippen molar-refractivity contribution in [3.05, 3.63) is 0 Å². The van der Waals surface area contributed by atoms with Crippen molar-refractivity contribution in [3.63, 3.8) is 0 Å². The Balaban J connectivity index is 3.94. The molecule has 0 aromatic carbocycles. The second kappa shape index (κ2) is 5.31. The van der Waals surface area contributed by atoms with E-state index in [2.05, 4.69) is 28.1 Å². The second-order valence-corrected chi connectivity index (χ2v) is 4.30. The fourth-order valence-corrected chi connectivity index (χ4v) is 1.51. The molecule has 0 aromatic heterocycles. The third-order valence-electron chi connectivity index (χ3n) is 2.34. The number of hydrogen-bond donors (Lipinski definition) is 0. The summed E-state index contributed by atoms with van der Waals surface area (Å²) in [6.45, 7) is 2.20. The molecule has 12 heavy (non-hydrogen) atoms. The van der Waals surface area contributed by atoms with Gasteiger partial charge >= 0.3 is 0 Å². The van der Waals surface area contributed by atoms with Gasteiger partial charge in [-0.15, -0.1) is 0 Å². The maximum atomic E-state index is 10.2. The van der Waals surface area contributed by atoms with Gasteiger partial charge in [0.15, 0.2) is 0 Å². The van der Waals surface area contributed by atoms with Crippen LogP contribution in [0, 0.1) is 0 Å². The Morgan fingerprint density at radius 3 is 2.17 bits per heavy atom. The molecule has 0 saturated heterocycles. The highest BCUT2D eigenvalue weighted by molar-refractivity contribution is 5.49. The van der Waals surface area contributed by atoms with Gasteiger partial charge in [0.05, 0.1) is 27.2 Å². The van der Waals surface area contributed by atoms with E-state index in [1.165, 1.54) is 12.8 Å². The number of aldehydes is 1. The van der Waals surface area contributed by atoms with Gasteiger partial charge in [-0.3, -0.25) is 0 Å². The molecule has 0 bridgehead atoms. The van der Waals surface area contributed by atoms with Gasteiger partial charge in [-0.25, -0.2) is 0 Å². The number of nitrogens with zero attached hydrogens (tertiary/aromatic N) is 1. The zero-order valence-corrected chi connectivity index (χ0v) is 8.84. The molecule has 0 radical (unpaired) electrons. The Labute approximate surface area is 76.2 Å². The third-order valence-corrected chi connectivity index (χ3v) is 2.34. The molecule has 0 saturated carbocycles. The van der Waals surface area contributed by atoms with Gasteiger partial charge in [0.25, 0.3) is 0 Å². The zero-order valence-electron chi connectivity index (χ0n) is 8.84. The smallest absolute Gasteiger partial charge is 0.120 e. The van der Waals surface area contributed by atoms with Crippen molar-refractivity contribution >= 4 is 6.29 Å². The molecule has 2 nitrogen and oxygen atoms in total. The van der Waals surface area contributed by atoms with Crippen LogP contribution < -0.4 is 0 Å². The summed E-state index contributed by atoms with van der Waals surface area (Å²) in [5.74, 6) is 0. The van der Waals surface area contributed by atoms with Gasteiger partial charge in [-0.1, -0.05) is 13.3 Å². The van der Waals surface area contributed by atoms with Crippen molar-refractivity contribution < 1.29 is 9.28 Å². The fraction of sp³-hybridized carbons (Fsp3) is 0.900. The minimum atomic E-state index is 0.639. The lowest BCUT2D eigenvalue weighted by molar-refractivity contribution is -0.896. The Bertz CT molecular complexity index is 126. The molecule has 72 valence electrons. The van der Waals surface area contributed by atoms with Crippen molar-refractivity contribution in [2.75, 3.05) is 21.1 Å². The predicted octanol–water partition coefficient (Wildman–Crippen LogP) is 1.84. The summed E-state index contributed by atoms with van der Waals surface area (Å²) in [5.41, 5.74) is 0. The van der Waals surface area contributed by atoms with Crippen molar-refractivity contribution in [1.29, 1.82) is 0 Å². The quantitative estimate of drug-likeness (QED) is 0.441. The maximum absolute atomic E-state index is 10.2. The summed E-state index contributed by atoms with van der Waals surface area (Å²) in [5, 5.41) is 0. The number of carbonyl (C=O) groups is 1. The first-order valence-corrected chi connectivity index (χ1v) is 4.77. The van der Waals surface area contributed by atoms with E-state index in [-0.39, 0.29) is 0 Å². The summed E-state index contributed by atoms with van der Waals surface area (Å²) in [6, 6.07) is 0.639. The van der Waals surface area contributed by atoms with E-state index in [4.69, 9.17) is 0 Å². The van der Waals surface area contributed by atoms with Gasteiger partial charge in [-0.2, -0.15) is 0 Å². The minimum Gasteiger partial charge on any atom is -0.328 e.